The van der Waals surface area contributed by atoms with E-state index in [9.17, 15) is 0 Å². The summed E-state index contributed by atoms with van der Waals surface area (Å²) in [4.78, 5) is 1.21. The highest BCUT2D eigenvalue weighted by Gasteiger charge is 2.12. The number of nitrogens with zero attached hydrogens (tertiary/aromatic N) is 1. The van der Waals surface area contributed by atoms with Crippen LogP contribution in [0.4, 0.5) is 0 Å². The number of benzene rings is 2. The zero-order valence-corrected chi connectivity index (χ0v) is 11.2. The van der Waals surface area contributed by atoms with Crippen molar-refractivity contribution in [3.8, 4) is 6.07 Å². The van der Waals surface area contributed by atoms with Crippen molar-refractivity contribution in [2.24, 2.45) is 0 Å². The SMILES string of the molecule is Cc1ccc(SC(CC#N)c2ccccc2)cc1. The van der Waals surface area contributed by atoms with Gasteiger partial charge in [-0.3, -0.25) is 0 Å². The van der Waals surface area contributed by atoms with Crippen LogP contribution in [0.15, 0.2) is 59.5 Å². The third-order valence-electron chi connectivity index (χ3n) is 2.75. The first-order valence-electron chi connectivity index (χ1n) is 5.95. The molecule has 0 aliphatic carbocycles. The number of thioether (sulfide) groups is 1. The van der Waals surface area contributed by atoms with Gasteiger partial charge in [-0.25, -0.2) is 0 Å². The molecule has 0 amide bonds. The highest BCUT2D eigenvalue weighted by Crippen LogP contribution is 2.37. The summed E-state index contributed by atoms with van der Waals surface area (Å²) in [5.41, 5.74) is 2.47. The smallest absolute Gasteiger partial charge is 0.0637 e. The van der Waals surface area contributed by atoms with Crippen LogP contribution < -0.4 is 0 Å². The van der Waals surface area contributed by atoms with Gasteiger partial charge >= 0.3 is 0 Å². The molecule has 0 radical (unpaired) electrons. The van der Waals surface area contributed by atoms with Crippen LogP contribution >= 0.6 is 11.8 Å². The van der Waals surface area contributed by atoms with Crippen LogP contribution in [0, 0.1) is 18.3 Å². The van der Waals surface area contributed by atoms with Gasteiger partial charge < -0.3 is 0 Å². The van der Waals surface area contributed by atoms with Crippen LogP contribution in [0.2, 0.25) is 0 Å². The number of rotatable bonds is 4. The van der Waals surface area contributed by atoms with E-state index >= 15 is 0 Å². The van der Waals surface area contributed by atoms with Crippen LogP contribution in [0.3, 0.4) is 0 Å². The van der Waals surface area contributed by atoms with Crippen molar-refractivity contribution < 1.29 is 0 Å². The summed E-state index contributed by atoms with van der Waals surface area (Å²) in [6.07, 6.45) is 0.530. The van der Waals surface area contributed by atoms with Gasteiger partial charge in [0.2, 0.25) is 0 Å². The fourth-order valence-electron chi connectivity index (χ4n) is 1.76. The van der Waals surface area contributed by atoms with Gasteiger partial charge in [0.15, 0.2) is 0 Å². The van der Waals surface area contributed by atoms with Crippen LogP contribution in [0.5, 0.6) is 0 Å². The number of hydrogen-bond acceptors (Lipinski definition) is 2. The first-order chi connectivity index (χ1) is 8.79. The van der Waals surface area contributed by atoms with Crippen molar-refractivity contribution in [1.82, 2.24) is 0 Å². The van der Waals surface area contributed by atoms with E-state index in [0.717, 1.165) is 0 Å². The Morgan fingerprint density at radius 3 is 2.33 bits per heavy atom. The van der Waals surface area contributed by atoms with E-state index in [1.807, 2.05) is 18.2 Å². The van der Waals surface area contributed by atoms with Crippen molar-refractivity contribution in [1.29, 1.82) is 5.26 Å². The molecule has 2 heteroatoms. The molecule has 0 N–H and O–H groups in total. The molecule has 0 aliphatic rings. The molecule has 2 aromatic carbocycles. The molecule has 1 unspecified atom stereocenters. The second-order valence-corrected chi connectivity index (χ2v) is 5.47. The lowest BCUT2D eigenvalue weighted by molar-refractivity contribution is 0.978. The van der Waals surface area contributed by atoms with Gasteiger partial charge in [-0.1, -0.05) is 48.0 Å². The Balaban J connectivity index is 2.17. The zero-order valence-electron chi connectivity index (χ0n) is 10.3. The average Bonchev–Trinajstić information content (AvgIpc) is 2.42. The van der Waals surface area contributed by atoms with Gasteiger partial charge in [-0.05, 0) is 24.6 Å². The van der Waals surface area contributed by atoms with E-state index < -0.39 is 0 Å². The maximum atomic E-state index is 8.96. The maximum absolute atomic E-state index is 8.96. The van der Waals surface area contributed by atoms with Gasteiger partial charge in [-0.2, -0.15) is 5.26 Å². The topological polar surface area (TPSA) is 23.8 Å². The molecule has 18 heavy (non-hydrogen) atoms. The van der Waals surface area contributed by atoms with Gasteiger partial charge in [-0.15, -0.1) is 11.8 Å². The number of hydrogen-bond donors (Lipinski definition) is 0. The lowest BCUT2D eigenvalue weighted by Crippen LogP contribution is -1.92. The van der Waals surface area contributed by atoms with Crippen LogP contribution in [-0.2, 0) is 0 Å². The van der Waals surface area contributed by atoms with Crippen LogP contribution in [0.1, 0.15) is 22.8 Å². The molecule has 0 fully saturated rings. The quantitative estimate of drug-likeness (QED) is 0.735. The Hall–Kier alpha value is -1.72. The summed E-state index contributed by atoms with van der Waals surface area (Å²) in [6.45, 7) is 2.08. The minimum absolute atomic E-state index is 0.207. The number of nitriles is 1. The van der Waals surface area contributed by atoms with Crippen molar-refractivity contribution in [2.75, 3.05) is 0 Å². The van der Waals surface area contributed by atoms with Gasteiger partial charge in [0.25, 0.3) is 0 Å². The number of aryl methyl sites for hydroxylation is 1. The lowest BCUT2D eigenvalue weighted by Gasteiger charge is -2.13. The van der Waals surface area contributed by atoms with Crippen molar-refractivity contribution in [3.05, 3.63) is 65.7 Å². The molecule has 0 saturated carbocycles. The van der Waals surface area contributed by atoms with Crippen LogP contribution in [0.25, 0.3) is 0 Å². The minimum atomic E-state index is 0.207. The van der Waals surface area contributed by atoms with Gasteiger partial charge in [0.05, 0.1) is 12.5 Å². The van der Waals surface area contributed by atoms with Crippen molar-refractivity contribution >= 4 is 11.8 Å². The Morgan fingerprint density at radius 1 is 1.06 bits per heavy atom. The van der Waals surface area contributed by atoms with E-state index in [1.165, 1.54) is 16.0 Å². The standard InChI is InChI=1S/C16H15NS/c1-13-7-9-15(10-8-13)18-16(11-12-17)14-5-3-2-4-6-14/h2-10,16H,11H2,1H3. The first-order valence-corrected chi connectivity index (χ1v) is 6.83. The molecule has 0 heterocycles. The predicted molar refractivity (Wildman–Crippen MR) is 76.4 cm³/mol. The summed E-state index contributed by atoms with van der Waals surface area (Å²) in [6, 6.07) is 21.0. The maximum Gasteiger partial charge on any atom is 0.0637 e. The molecule has 90 valence electrons. The first kappa shape index (κ1) is 12.7. The monoisotopic (exact) mass is 253 g/mol. The second-order valence-electron chi connectivity index (χ2n) is 4.19. The fraction of sp³-hybridized carbons (Fsp3) is 0.188. The minimum Gasteiger partial charge on any atom is -0.198 e. The van der Waals surface area contributed by atoms with E-state index in [1.54, 1.807) is 11.8 Å². The Morgan fingerprint density at radius 2 is 1.72 bits per heavy atom. The third-order valence-corrected chi connectivity index (χ3v) is 4.02. The Bertz CT molecular complexity index is 525. The molecule has 0 aliphatic heterocycles. The van der Waals surface area contributed by atoms with Crippen molar-refractivity contribution in [2.45, 2.75) is 23.5 Å². The molecule has 0 bridgehead atoms. The normalized spacial score (nSPS) is 11.8. The molecular weight excluding hydrogens is 238 g/mol. The summed E-state index contributed by atoms with van der Waals surface area (Å²) < 4.78 is 0. The Labute approximate surface area is 112 Å². The third kappa shape index (κ3) is 3.38. The molecule has 0 spiro atoms. The van der Waals surface area contributed by atoms with Gasteiger partial charge in [0.1, 0.15) is 0 Å². The highest BCUT2D eigenvalue weighted by molar-refractivity contribution is 7.99. The Kier molecular flexibility index (Phi) is 4.44. The average molecular weight is 253 g/mol. The molecule has 1 atom stereocenters. The zero-order chi connectivity index (χ0) is 12.8. The second kappa shape index (κ2) is 6.28. The molecule has 2 rings (SSSR count). The summed E-state index contributed by atoms with van der Waals surface area (Å²) in [5.74, 6) is 0. The molecule has 1 nitrogen and oxygen atoms in total. The van der Waals surface area contributed by atoms with E-state index in [4.69, 9.17) is 5.26 Å². The van der Waals surface area contributed by atoms with E-state index in [2.05, 4.69) is 49.4 Å². The fourth-order valence-corrected chi connectivity index (χ4v) is 2.83. The van der Waals surface area contributed by atoms with E-state index in [0.29, 0.717) is 6.42 Å². The molecule has 0 aromatic heterocycles. The summed E-state index contributed by atoms with van der Waals surface area (Å²) in [5, 5.41) is 9.16. The summed E-state index contributed by atoms with van der Waals surface area (Å²) in [7, 11) is 0. The van der Waals surface area contributed by atoms with Gasteiger partial charge in [0, 0.05) is 10.1 Å². The molecule has 2 aromatic rings. The predicted octanol–water partition coefficient (Wildman–Crippen LogP) is 4.74. The largest absolute Gasteiger partial charge is 0.198 e. The highest BCUT2D eigenvalue weighted by atomic mass is 32.2. The van der Waals surface area contributed by atoms with E-state index in [-0.39, 0.29) is 5.25 Å². The lowest BCUT2D eigenvalue weighted by atomic mass is 10.1. The summed E-state index contributed by atoms with van der Waals surface area (Å²) >= 11 is 1.75. The van der Waals surface area contributed by atoms with Crippen LogP contribution in [-0.4, -0.2) is 0 Å². The van der Waals surface area contributed by atoms with Crippen molar-refractivity contribution in [3.63, 3.8) is 0 Å². The molecule has 0 saturated heterocycles. The molecular formula is C16H15NS.